The largest absolute Gasteiger partial charge is 0.495 e. The van der Waals surface area contributed by atoms with Gasteiger partial charge in [-0.3, -0.25) is 9.59 Å². The highest BCUT2D eigenvalue weighted by Gasteiger charge is 2.33. The van der Waals surface area contributed by atoms with Crippen LogP contribution in [0.4, 0.5) is 10.1 Å². The van der Waals surface area contributed by atoms with Crippen LogP contribution in [0.2, 0.25) is 0 Å². The van der Waals surface area contributed by atoms with E-state index in [2.05, 4.69) is 5.32 Å². The van der Waals surface area contributed by atoms with E-state index in [4.69, 9.17) is 9.47 Å². The van der Waals surface area contributed by atoms with Gasteiger partial charge < -0.3 is 19.7 Å². The fourth-order valence-electron chi connectivity index (χ4n) is 3.01. The van der Waals surface area contributed by atoms with Gasteiger partial charge >= 0.3 is 0 Å². The molecule has 2 aromatic carbocycles. The van der Waals surface area contributed by atoms with Crippen LogP contribution in [0.25, 0.3) is 0 Å². The maximum atomic E-state index is 13.2. The SMILES string of the molecule is COc1ccccc1N1C[C@H](NC(=O)[C@H](C)Oc2cccc(F)c2)CC1=O. The number of hydrogen-bond donors (Lipinski definition) is 1. The molecule has 0 aromatic heterocycles. The first-order chi connectivity index (χ1) is 13.0. The molecule has 0 saturated carbocycles. The Labute approximate surface area is 156 Å². The predicted octanol–water partition coefficient (Wildman–Crippen LogP) is 2.52. The quantitative estimate of drug-likeness (QED) is 0.846. The first-order valence-electron chi connectivity index (χ1n) is 8.64. The van der Waals surface area contributed by atoms with Crippen LogP contribution in [-0.2, 0) is 9.59 Å². The average molecular weight is 372 g/mol. The summed E-state index contributed by atoms with van der Waals surface area (Å²) in [6.07, 6.45) is -0.626. The van der Waals surface area contributed by atoms with E-state index in [-0.39, 0.29) is 30.0 Å². The van der Waals surface area contributed by atoms with Crippen LogP contribution in [0.15, 0.2) is 48.5 Å². The molecule has 7 heteroatoms. The van der Waals surface area contributed by atoms with Crippen molar-refractivity contribution in [3.8, 4) is 11.5 Å². The standard InChI is InChI=1S/C20H21FN2O4/c1-13(27-16-7-5-6-14(21)10-16)20(25)22-15-11-19(24)23(12-15)17-8-3-4-9-18(17)26-2/h3-10,13,15H,11-12H2,1-2H3,(H,22,25)/t13-,15+/m0/s1. The summed E-state index contributed by atoms with van der Waals surface area (Å²) < 4.78 is 24.0. The van der Waals surface area contributed by atoms with E-state index in [1.807, 2.05) is 12.1 Å². The second-order valence-electron chi connectivity index (χ2n) is 6.30. The van der Waals surface area contributed by atoms with E-state index in [0.29, 0.717) is 18.0 Å². The van der Waals surface area contributed by atoms with Crippen LogP contribution in [0.1, 0.15) is 13.3 Å². The van der Waals surface area contributed by atoms with Crippen molar-refractivity contribution in [1.29, 1.82) is 0 Å². The van der Waals surface area contributed by atoms with Gasteiger partial charge in [-0.25, -0.2) is 4.39 Å². The third-order valence-electron chi connectivity index (χ3n) is 4.33. The Morgan fingerprint density at radius 1 is 1.26 bits per heavy atom. The number of rotatable bonds is 6. The van der Waals surface area contributed by atoms with Crippen LogP contribution in [-0.4, -0.2) is 37.6 Å². The zero-order valence-electron chi connectivity index (χ0n) is 15.1. The Kier molecular flexibility index (Phi) is 5.59. The minimum absolute atomic E-state index is 0.0940. The molecule has 27 heavy (non-hydrogen) atoms. The number of anilines is 1. The van der Waals surface area contributed by atoms with Crippen molar-refractivity contribution in [2.75, 3.05) is 18.6 Å². The third-order valence-corrected chi connectivity index (χ3v) is 4.33. The minimum atomic E-state index is -0.817. The molecule has 3 rings (SSSR count). The van der Waals surface area contributed by atoms with Crippen LogP contribution in [0.3, 0.4) is 0 Å². The van der Waals surface area contributed by atoms with Gasteiger partial charge in [0.2, 0.25) is 5.91 Å². The summed E-state index contributed by atoms with van der Waals surface area (Å²) in [5.41, 5.74) is 0.672. The van der Waals surface area contributed by atoms with E-state index in [0.717, 1.165) is 0 Å². The molecule has 0 radical (unpaired) electrons. The lowest BCUT2D eigenvalue weighted by molar-refractivity contribution is -0.127. The molecular formula is C20H21FN2O4. The van der Waals surface area contributed by atoms with Gasteiger partial charge in [0.15, 0.2) is 6.10 Å². The summed E-state index contributed by atoms with van der Waals surface area (Å²) in [5, 5.41) is 2.82. The number of carbonyl (C=O) groups excluding carboxylic acids is 2. The molecule has 2 amide bonds. The van der Waals surface area contributed by atoms with Gasteiger partial charge in [0.25, 0.3) is 5.91 Å². The molecule has 0 bridgehead atoms. The van der Waals surface area contributed by atoms with Crippen LogP contribution >= 0.6 is 0 Å². The van der Waals surface area contributed by atoms with E-state index >= 15 is 0 Å². The molecule has 142 valence electrons. The number of halogens is 1. The fourth-order valence-corrected chi connectivity index (χ4v) is 3.01. The molecule has 0 spiro atoms. The monoisotopic (exact) mass is 372 g/mol. The maximum absolute atomic E-state index is 13.2. The predicted molar refractivity (Wildman–Crippen MR) is 98.4 cm³/mol. The minimum Gasteiger partial charge on any atom is -0.495 e. The number of amides is 2. The number of ether oxygens (including phenoxy) is 2. The van der Waals surface area contributed by atoms with Crippen LogP contribution < -0.4 is 19.7 Å². The molecule has 1 heterocycles. The summed E-state index contributed by atoms with van der Waals surface area (Å²) >= 11 is 0. The van der Waals surface area contributed by atoms with Gasteiger partial charge in [0.1, 0.15) is 17.3 Å². The number of nitrogens with one attached hydrogen (secondary N) is 1. The van der Waals surface area contributed by atoms with E-state index < -0.39 is 11.9 Å². The van der Waals surface area contributed by atoms with Gasteiger partial charge in [-0.1, -0.05) is 18.2 Å². The highest BCUT2D eigenvalue weighted by Crippen LogP contribution is 2.31. The molecule has 2 aromatic rings. The van der Waals surface area contributed by atoms with Crippen LogP contribution in [0.5, 0.6) is 11.5 Å². The van der Waals surface area contributed by atoms with Crippen molar-refractivity contribution in [3.63, 3.8) is 0 Å². The second-order valence-corrected chi connectivity index (χ2v) is 6.30. The molecule has 0 aliphatic carbocycles. The molecule has 1 aliphatic heterocycles. The van der Waals surface area contributed by atoms with Gasteiger partial charge in [-0.05, 0) is 31.2 Å². The van der Waals surface area contributed by atoms with Gasteiger partial charge in [0, 0.05) is 19.0 Å². The zero-order valence-corrected chi connectivity index (χ0v) is 15.1. The number of nitrogens with zero attached hydrogens (tertiary/aromatic N) is 1. The lowest BCUT2D eigenvalue weighted by Crippen LogP contribution is -2.43. The molecule has 1 N–H and O–H groups in total. The number of carbonyl (C=O) groups is 2. The molecular weight excluding hydrogens is 351 g/mol. The maximum Gasteiger partial charge on any atom is 0.261 e. The lowest BCUT2D eigenvalue weighted by Gasteiger charge is -2.20. The highest BCUT2D eigenvalue weighted by molar-refractivity contribution is 5.98. The van der Waals surface area contributed by atoms with E-state index in [1.54, 1.807) is 37.1 Å². The Bertz CT molecular complexity index is 842. The summed E-state index contributed by atoms with van der Waals surface area (Å²) in [7, 11) is 1.55. The molecule has 6 nitrogen and oxygen atoms in total. The van der Waals surface area contributed by atoms with Crippen molar-refractivity contribution in [2.24, 2.45) is 0 Å². The van der Waals surface area contributed by atoms with E-state index in [1.165, 1.54) is 18.2 Å². The molecule has 1 fully saturated rings. The van der Waals surface area contributed by atoms with Crippen LogP contribution in [0, 0.1) is 5.82 Å². The molecule has 1 aliphatic rings. The summed E-state index contributed by atoms with van der Waals surface area (Å²) in [6.45, 7) is 1.92. The Morgan fingerprint density at radius 3 is 2.78 bits per heavy atom. The second kappa shape index (κ2) is 8.07. The fraction of sp³-hybridized carbons (Fsp3) is 0.300. The normalized spacial score (nSPS) is 17.5. The highest BCUT2D eigenvalue weighted by atomic mass is 19.1. The van der Waals surface area contributed by atoms with Gasteiger partial charge in [-0.15, -0.1) is 0 Å². The van der Waals surface area contributed by atoms with E-state index in [9.17, 15) is 14.0 Å². The van der Waals surface area contributed by atoms with Gasteiger partial charge in [0.05, 0.1) is 18.8 Å². The lowest BCUT2D eigenvalue weighted by atomic mass is 10.2. The summed E-state index contributed by atoms with van der Waals surface area (Å²) in [4.78, 5) is 26.4. The number of hydrogen-bond acceptors (Lipinski definition) is 4. The van der Waals surface area contributed by atoms with Crippen molar-refractivity contribution >= 4 is 17.5 Å². The molecule has 0 unspecified atom stereocenters. The Morgan fingerprint density at radius 2 is 2.04 bits per heavy atom. The molecule has 1 saturated heterocycles. The first kappa shape index (κ1) is 18.7. The average Bonchev–Trinajstić information content (AvgIpc) is 3.01. The number of para-hydroxylation sites is 2. The summed E-state index contributed by atoms with van der Waals surface area (Å²) in [6, 6.07) is 12.5. The van der Waals surface area contributed by atoms with Crippen molar-refractivity contribution in [1.82, 2.24) is 5.32 Å². The first-order valence-corrected chi connectivity index (χ1v) is 8.64. The topological polar surface area (TPSA) is 67.9 Å². The zero-order chi connectivity index (χ0) is 19.4. The number of methoxy groups -OCH3 is 1. The Balaban J connectivity index is 1.61. The van der Waals surface area contributed by atoms with Gasteiger partial charge in [-0.2, -0.15) is 0 Å². The number of benzene rings is 2. The van der Waals surface area contributed by atoms with Crippen molar-refractivity contribution in [3.05, 3.63) is 54.3 Å². The third kappa shape index (κ3) is 4.36. The Hall–Kier alpha value is -3.09. The van der Waals surface area contributed by atoms with Crippen molar-refractivity contribution in [2.45, 2.75) is 25.5 Å². The molecule has 2 atom stereocenters. The van der Waals surface area contributed by atoms with Crippen molar-refractivity contribution < 1.29 is 23.5 Å². The smallest absolute Gasteiger partial charge is 0.261 e. The summed E-state index contributed by atoms with van der Waals surface area (Å²) in [5.74, 6) is -0.0205.